The van der Waals surface area contributed by atoms with Crippen molar-refractivity contribution in [3.05, 3.63) is 0 Å². The zero-order valence-corrected chi connectivity index (χ0v) is 6.11. The number of rotatable bonds is 4. The van der Waals surface area contributed by atoms with Gasteiger partial charge in [-0.25, -0.2) is 0 Å². The van der Waals surface area contributed by atoms with Gasteiger partial charge in [0, 0.05) is 0 Å². The lowest BCUT2D eigenvalue weighted by atomic mass is 10.5. The van der Waals surface area contributed by atoms with Crippen LogP contribution in [-0.2, 0) is 4.79 Å². The fourth-order valence-electron chi connectivity index (χ4n) is 0.451. The molecule has 0 saturated heterocycles. The Morgan fingerprint density at radius 3 is 2.90 bits per heavy atom. The predicted molar refractivity (Wildman–Crippen MR) is 40.4 cm³/mol. The van der Waals surface area contributed by atoms with E-state index in [0.29, 0.717) is 13.1 Å². The first-order valence-corrected chi connectivity index (χ1v) is 3.22. The van der Waals surface area contributed by atoms with Crippen LogP contribution in [0.1, 0.15) is 6.92 Å². The molecule has 0 radical (unpaired) electrons. The third-order valence-corrected chi connectivity index (χ3v) is 0.923. The Kier molecular flexibility index (Phi) is 5.50. The molecule has 0 aliphatic rings. The Hall–Kier alpha value is -1.01. The van der Waals surface area contributed by atoms with E-state index in [2.05, 4.69) is 16.6 Å². The number of carbonyl (C=O) groups excluding carboxylic acids is 1. The van der Waals surface area contributed by atoms with Gasteiger partial charge in [0.25, 0.3) is 0 Å². The minimum atomic E-state index is -0.0557. The highest BCUT2D eigenvalue weighted by Crippen LogP contribution is 1.62. The summed E-state index contributed by atoms with van der Waals surface area (Å²) in [7, 11) is 0. The first-order valence-electron chi connectivity index (χ1n) is 3.22. The van der Waals surface area contributed by atoms with Gasteiger partial charge in [0.15, 0.2) is 0 Å². The van der Waals surface area contributed by atoms with E-state index >= 15 is 0 Å². The van der Waals surface area contributed by atoms with Crippen LogP contribution in [0.4, 0.5) is 0 Å². The SMILES string of the molecule is C#CCNC(=O)CNCC. The minimum absolute atomic E-state index is 0.0557. The topological polar surface area (TPSA) is 41.1 Å². The molecule has 0 heterocycles. The highest BCUT2D eigenvalue weighted by Gasteiger charge is 1.94. The van der Waals surface area contributed by atoms with Gasteiger partial charge >= 0.3 is 0 Å². The second-order valence-electron chi connectivity index (χ2n) is 1.76. The number of hydrogen-bond acceptors (Lipinski definition) is 2. The zero-order valence-electron chi connectivity index (χ0n) is 6.11. The summed E-state index contributed by atoms with van der Waals surface area (Å²) in [5, 5.41) is 5.41. The molecule has 0 aliphatic heterocycles. The Balaban J connectivity index is 3.19. The predicted octanol–water partition coefficient (Wildman–Crippen LogP) is -0.655. The molecule has 0 atom stereocenters. The molecule has 0 rings (SSSR count). The molecule has 0 aromatic rings. The van der Waals surface area contributed by atoms with Gasteiger partial charge in [0.2, 0.25) is 5.91 Å². The number of carbonyl (C=O) groups is 1. The van der Waals surface area contributed by atoms with Gasteiger partial charge in [0.1, 0.15) is 0 Å². The third kappa shape index (κ3) is 5.13. The van der Waals surface area contributed by atoms with Crippen molar-refractivity contribution < 1.29 is 4.79 Å². The van der Waals surface area contributed by atoms with Crippen LogP contribution >= 0.6 is 0 Å². The standard InChI is InChI=1S/C7H12N2O/c1-3-5-9-7(10)6-8-4-2/h1,8H,4-6H2,2H3,(H,9,10). The average molecular weight is 140 g/mol. The van der Waals surface area contributed by atoms with Crippen molar-refractivity contribution in [2.75, 3.05) is 19.6 Å². The van der Waals surface area contributed by atoms with Crippen LogP contribution in [0.25, 0.3) is 0 Å². The van der Waals surface area contributed by atoms with Crippen molar-refractivity contribution in [1.29, 1.82) is 0 Å². The lowest BCUT2D eigenvalue weighted by Gasteiger charge is -2.00. The van der Waals surface area contributed by atoms with Gasteiger partial charge in [-0.15, -0.1) is 6.42 Å². The average Bonchev–Trinajstić information content (AvgIpc) is 1.97. The van der Waals surface area contributed by atoms with E-state index in [1.165, 1.54) is 0 Å². The fraction of sp³-hybridized carbons (Fsp3) is 0.571. The highest BCUT2D eigenvalue weighted by atomic mass is 16.1. The van der Waals surface area contributed by atoms with Gasteiger partial charge in [0.05, 0.1) is 13.1 Å². The van der Waals surface area contributed by atoms with Crippen LogP contribution in [0.2, 0.25) is 0 Å². The summed E-state index contributed by atoms with van der Waals surface area (Å²) >= 11 is 0. The van der Waals surface area contributed by atoms with Crippen LogP contribution in [0, 0.1) is 12.3 Å². The minimum Gasteiger partial charge on any atom is -0.344 e. The molecular formula is C7H12N2O. The molecule has 0 fully saturated rings. The molecule has 0 saturated carbocycles. The van der Waals surface area contributed by atoms with Crippen molar-refractivity contribution in [1.82, 2.24) is 10.6 Å². The highest BCUT2D eigenvalue weighted by molar-refractivity contribution is 5.78. The number of likely N-dealkylation sites (N-methyl/N-ethyl adjacent to an activating group) is 1. The van der Waals surface area contributed by atoms with E-state index in [-0.39, 0.29) is 5.91 Å². The number of nitrogens with one attached hydrogen (secondary N) is 2. The second-order valence-corrected chi connectivity index (χ2v) is 1.76. The molecule has 0 bridgehead atoms. The van der Waals surface area contributed by atoms with Gasteiger partial charge in [-0.3, -0.25) is 4.79 Å². The molecule has 10 heavy (non-hydrogen) atoms. The first-order chi connectivity index (χ1) is 4.81. The van der Waals surface area contributed by atoms with Crippen LogP contribution in [0.5, 0.6) is 0 Å². The maximum Gasteiger partial charge on any atom is 0.234 e. The summed E-state index contributed by atoms with van der Waals surface area (Å²) < 4.78 is 0. The van der Waals surface area contributed by atoms with Crippen LogP contribution in [0.15, 0.2) is 0 Å². The molecule has 0 aliphatic carbocycles. The molecular weight excluding hydrogens is 128 g/mol. The summed E-state index contributed by atoms with van der Waals surface area (Å²) in [6, 6.07) is 0. The number of amides is 1. The zero-order chi connectivity index (χ0) is 7.82. The Morgan fingerprint density at radius 1 is 1.70 bits per heavy atom. The summed E-state index contributed by atoms with van der Waals surface area (Å²) in [5.41, 5.74) is 0. The molecule has 2 N–H and O–H groups in total. The van der Waals surface area contributed by atoms with E-state index in [1.807, 2.05) is 6.92 Å². The monoisotopic (exact) mass is 140 g/mol. The lowest BCUT2D eigenvalue weighted by Crippen LogP contribution is -2.33. The Morgan fingerprint density at radius 2 is 2.40 bits per heavy atom. The van der Waals surface area contributed by atoms with Crippen molar-refractivity contribution in [2.45, 2.75) is 6.92 Å². The number of terminal acetylenes is 1. The van der Waals surface area contributed by atoms with Crippen LogP contribution in [0.3, 0.4) is 0 Å². The maximum absolute atomic E-state index is 10.7. The van der Waals surface area contributed by atoms with E-state index in [1.54, 1.807) is 0 Å². The summed E-state index contributed by atoms with van der Waals surface area (Å²) in [6.07, 6.45) is 4.92. The Bertz CT molecular complexity index is 137. The van der Waals surface area contributed by atoms with Crippen LogP contribution in [-0.4, -0.2) is 25.5 Å². The summed E-state index contributed by atoms with van der Waals surface area (Å²) in [5.74, 6) is 2.26. The van der Waals surface area contributed by atoms with Crippen molar-refractivity contribution in [3.63, 3.8) is 0 Å². The van der Waals surface area contributed by atoms with Crippen molar-refractivity contribution in [2.24, 2.45) is 0 Å². The third-order valence-electron chi connectivity index (χ3n) is 0.923. The fourth-order valence-corrected chi connectivity index (χ4v) is 0.451. The summed E-state index contributed by atoms with van der Waals surface area (Å²) in [4.78, 5) is 10.7. The molecule has 0 aromatic heterocycles. The van der Waals surface area contributed by atoms with Gasteiger partial charge in [-0.1, -0.05) is 12.8 Å². The normalized spacial score (nSPS) is 8.40. The molecule has 0 unspecified atom stereocenters. The van der Waals surface area contributed by atoms with Crippen molar-refractivity contribution >= 4 is 5.91 Å². The van der Waals surface area contributed by atoms with E-state index in [4.69, 9.17) is 6.42 Å². The Labute approximate surface area is 61.2 Å². The largest absolute Gasteiger partial charge is 0.344 e. The lowest BCUT2D eigenvalue weighted by molar-refractivity contribution is -0.119. The van der Waals surface area contributed by atoms with Crippen molar-refractivity contribution in [3.8, 4) is 12.3 Å². The van der Waals surface area contributed by atoms with E-state index in [9.17, 15) is 4.79 Å². The molecule has 3 nitrogen and oxygen atoms in total. The van der Waals surface area contributed by atoms with Crippen LogP contribution < -0.4 is 10.6 Å². The van der Waals surface area contributed by atoms with E-state index in [0.717, 1.165) is 6.54 Å². The molecule has 1 amide bonds. The summed E-state index contributed by atoms with van der Waals surface area (Å²) in [6.45, 7) is 3.39. The smallest absolute Gasteiger partial charge is 0.234 e. The molecule has 56 valence electrons. The number of hydrogen-bond donors (Lipinski definition) is 2. The van der Waals surface area contributed by atoms with Gasteiger partial charge in [-0.05, 0) is 6.54 Å². The van der Waals surface area contributed by atoms with E-state index < -0.39 is 0 Å². The second kappa shape index (κ2) is 6.12. The van der Waals surface area contributed by atoms with Gasteiger partial charge < -0.3 is 10.6 Å². The first kappa shape index (κ1) is 8.99. The molecule has 3 heteroatoms. The maximum atomic E-state index is 10.7. The quantitative estimate of drug-likeness (QED) is 0.509. The van der Waals surface area contributed by atoms with Gasteiger partial charge in [-0.2, -0.15) is 0 Å². The molecule has 0 spiro atoms. The molecule has 0 aromatic carbocycles.